The van der Waals surface area contributed by atoms with E-state index in [4.69, 9.17) is 16.9 Å². The Labute approximate surface area is 132 Å². The summed E-state index contributed by atoms with van der Waals surface area (Å²) in [6, 6.07) is 9.67. The number of alkyl halides is 3. The summed E-state index contributed by atoms with van der Waals surface area (Å²) in [5.41, 5.74) is -0.0555. The van der Waals surface area contributed by atoms with E-state index in [-0.39, 0.29) is 5.56 Å². The lowest BCUT2D eigenvalue weighted by Gasteiger charge is -2.12. The number of hydrogen-bond donors (Lipinski definition) is 1. The molecular weight excluding hydrogens is 369 g/mol. The monoisotopic (exact) mass is 374 g/mol. The molecule has 1 N–H and O–H groups in total. The fraction of sp³-hybridized carbons (Fsp3) is 0.0714. The van der Waals surface area contributed by atoms with Crippen LogP contribution < -0.4 is 5.32 Å². The largest absolute Gasteiger partial charge is 0.416 e. The van der Waals surface area contributed by atoms with Crippen molar-refractivity contribution in [3.8, 4) is 6.07 Å². The van der Waals surface area contributed by atoms with Crippen LogP contribution in [0.2, 0.25) is 5.02 Å². The molecule has 2 rings (SSSR count). The van der Waals surface area contributed by atoms with Gasteiger partial charge in [-0.2, -0.15) is 18.4 Å². The van der Waals surface area contributed by atoms with Crippen molar-refractivity contribution in [2.75, 3.05) is 5.32 Å². The predicted molar refractivity (Wildman–Crippen MR) is 78.6 cm³/mol. The molecule has 0 aliphatic rings. The lowest BCUT2D eigenvalue weighted by atomic mass is 10.1. The molecule has 0 bridgehead atoms. The van der Waals surface area contributed by atoms with E-state index in [1.54, 1.807) is 24.3 Å². The topological polar surface area (TPSA) is 35.8 Å². The number of nitrogens with one attached hydrogen (secondary N) is 1. The lowest BCUT2D eigenvalue weighted by molar-refractivity contribution is -0.137. The summed E-state index contributed by atoms with van der Waals surface area (Å²) >= 11 is 9.11. The first-order valence-corrected chi connectivity index (χ1v) is 6.82. The summed E-state index contributed by atoms with van der Waals surface area (Å²) in [7, 11) is 0. The predicted octanol–water partition coefficient (Wildman–Crippen LogP) is 5.74. The number of anilines is 2. The summed E-state index contributed by atoms with van der Waals surface area (Å²) < 4.78 is 38.5. The highest BCUT2D eigenvalue weighted by molar-refractivity contribution is 9.10. The van der Waals surface area contributed by atoms with Crippen LogP contribution in [0.15, 0.2) is 40.9 Å². The molecule has 0 heterocycles. The van der Waals surface area contributed by atoms with E-state index >= 15 is 0 Å². The van der Waals surface area contributed by atoms with E-state index in [1.807, 2.05) is 0 Å². The number of benzene rings is 2. The molecule has 2 aromatic carbocycles. The second-order valence-corrected chi connectivity index (χ2v) is 5.39. The molecule has 0 unspecified atom stereocenters. The minimum atomic E-state index is -4.48. The van der Waals surface area contributed by atoms with Gasteiger partial charge in [0.15, 0.2) is 0 Å². The molecule has 0 atom stereocenters. The number of nitrogens with zero attached hydrogens (tertiary/aromatic N) is 1. The molecule has 2 aromatic rings. The quantitative estimate of drug-likeness (QED) is 0.727. The van der Waals surface area contributed by atoms with Crippen molar-refractivity contribution in [1.29, 1.82) is 5.26 Å². The van der Waals surface area contributed by atoms with E-state index in [2.05, 4.69) is 21.2 Å². The third-order valence-corrected chi connectivity index (χ3v) is 3.88. The van der Waals surface area contributed by atoms with Gasteiger partial charge in [-0.15, -0.1) is 0 Å². The fourth-order valence-corrected chi connectivity index (χ4v) is 2.15. The third-order valence-electron chi connectivity index (χ3n) is 2.67. The maximum absolute atomic E-state index is 12.6. The van der Waals surface area contributed by atoms with Crippen LogP contribution in [0.4, 0.5) is 24.5 Å². The van der Waals surface area contributed by atoms with Gasteiger partial charge in [-0.25, -0.2) is 0 Å². The van der Waals surface area contributed by atoms with Gasteiger partial charge in [0.05, 0.1) is 21.8 Å². The Hall–Kier alpha value is -1.71. The zero-order chi connectivity index (χ0) is 15.6. The minimum absolute atomic E-state index is 0.0871. The molecule has 0 fully saturated rings. The molecule has 0 radical (unpaired) electrons. The second-order valence-electron chi connectivity index (χ2n) is 4.12. The molecule has 108 valence electrons. The summed E-state index contributed by atoms with van der Waals surface area (Å²) in [5.74, 6) is 0. The lowest BCUT2D eigenvalue weighted by Crippen LogP contribution is -2.06. The SMILES string of the molecule is N#Cc1cc(C(F)(F)F)ccc1Nc1ccc(Cl)c(Br)c1. The van der Waals surface area contributed by atoms with Crippen LogP contribution in [-0.2, 0) is 6.18 Å². The van der Waals surface area contributed by atoms with E-state index in [0.29, 0.717) is 20.9 Å². The Kier molecular flexibility index (Phi) is 4.45. The van der Waals surface area contributed by atoms with Crippen molar-refractivity contribution in [1.82, 2.24) is 0 Å². The van der Waals surface area contributed by atoms with Gasteiger partial charge in [0.2, 0.25) is 0 Å². The number of hydrogen-bond acceptors (Lipinski definition) is 2. The molecule has 0 aliphatic heterocycles. The van der Waals surface area contributed by atoms with Crippen molar-refractivity contribution in [2.24, 2.45) is 0 Å². The van der Waals surface area contributed by atoms with Gasteiger partial charge >= 0.3 is 6.18 Å². The van der Waals surface area contributed by atoms with E-state index < -0.39 is 11.7 Å². The number of nitriles is 1. The van der Waals surface area contributed by atoms with E-state index in [0.717, 1.165) is 12.1 Å². The fourth-order valence-electron chi connectivity index (χ4n) is 1.65. The first-order valence-electron chi connectivity index (χ1n) is 5.64. The van der Waals surface area contributed by atoms with Crippen LogP contribution in [0, 0.1) is 11.3 Å². The van der Waals surface area contributed by atoms with Gasteiger partial charge in [0.1, 0.15) is 6.07 Å². The Bertz CT molecular complexity index is 723. The summed E-state index contributed by atoms with van der Waals surface area (Å²) in [5, 5.41) is 12.4. The highest BCUT2D eigenvalue weighted by atomic mass is 79.9. The molecule has 0 spiro atoms. The highest BCUT2D eigenvalue weighted by Gasteiger charge is 2.31. The molecule has 0 amide bonds. The number of halogens is 5. The van der Waals surface area contributed by atoms with Crippen LogP contribution in [0.5, 0.6) is 0 Å². The van der Waals surface area contributed by atoms with Gasteiger partial charge in [0.25, 0.3) is 0 Å². The van der Waals surface area contributed by atoms with Crippen LogP contribution >= 0.6 is 27.5 Å². The van der Waals surface area contributed by atoms with Crippen molar-refractivity contribution in [2.45, 2.75) is 6.18 Å². The molecular formula is C14H7BrClF3N2. The first kappa shape index (κ1) is 15.7. The average Bonchev–Trinajstić information content (AvgIpc) is 2.42. The maximum Gasteiger partial charge on any atom is 0.416 e. The zero-order valence-corrected chi connectivity index (χ0v) is 12.6. The maximum atomic E-state index is 12.6. The summed E-state index contributed by atoms with van der Waals surface area (Å²) in [6.07, 6.45) is -4.48. The molecule has 7 heteroatoms. The number of rotatable bonds is 2. The molecule has 0 aromatic heterocycles. The molecule has 2 nitrogen and oxygen atoms in total. The Morgan fingerprint density at radius 1 is 1.14 bits per heavy atom. The van der Waals surface area contributed by atoms with Crippen LogP contribution in [-0.4, -0.2) is 0 Å². The Balaban J connectivity index is 2.36. The smallest absolute Gasteiger partial charge is 0.354 e. The van der Waals surface area contributed by atoms with Crippen molar-refractivity contribution >= 4 is 38.9 Å². The zero-order valence-electron chi connectivity index (χ0n) is 10.3. The molecule has 0 saturated heterocycles. The third kappa shape index (κ3) is 3.69. The van der Waals surface area contributed by atoms with Crippen molar-refractivity contribution < 1.29 is 13.2 Å². The Morgan fingerprint density at radius 2 is 1.86 bits per heavy atom. The second kappa shape index (κ2) is 5.96. The van der Waals surface area contributed by atoms with Crippen molar-refractivity contribution in [3.63, 3.8) is 0 Å². The molecule has 0 saturated carbocycles. The van der Waals surface area contributed by atoms with E-state index in [1.165, 1.54) is 6.07 Å². The standard InChI is InChI=1S/C14H7BrClF3N2/c15-11-6-10(2-3-12(11)16)21-13-4-1-9(14(17,18)19)5-8(13)7-20/h1-6,21H. The summed E-state index contributed by atoms with van der Waals surface area (Å²) in [6.45, 7) is 0. The van der Waals surface area contributed by atoms with Crippen LogP contribution in [0.1, 0.15) is 11.1 Å². The van der Waals surface area contributed by atoms with Crippen LogP contribution in [0.3, 0.4) is 0 Å². The Morgan fingerprint density at radius 3 is 2.43 bits per heavy atom. The normalized spacial score (nSPS) is 11.0. The van der Waals surface area contributed by atoms with E-state index in [9.17, 15) is 13.2 Å². The van der Waals surface area contributed by atoms with Gasteiger partial charge in [0, 0.05) is 10.2 Å². The minimum Gasteiger partial charge on any atom is -0.354 e. The molecule has 0 aliphatic carbocycles. The van der Waals surface area contributed by atoms with Gasteiger partial charge in [-0.05, 0) is 52.3 Å². The summed E-state index contributed by atoms with van der Waals surface area (Å²) in [4.78, 5) is 0. The van der Waals surface area contributed by atoms with Crippen molar-refractivity contribution in [3.05, 3.63) is 57.0 Å². The van der Waals surface area contributed by atoms with Gasteiger partial charge < -0.3 is 5.32 Å². The highest BCUT2D eigenvalue weighted by Crippen LogP contribution is 2.33. The molecule has 21 heavy (non-hydrogen) atoms. The van der Waals surface area contributed by atoms with Gasteiger partial charge in [-0.3, -0.25) is 0 Å². The average molecular weight is 376 g/mol. The van der Waals surface area contributed by atoms with Gasteiger partial charge in [-0.1, -0.05) is 11.6 Å². The first-order chi connectivity index (χ1) is 9.81. The van der Waals surface area contributed by atoms with Crippen LogP contribution in [0.25, 0.3) is 0 Å².